The lowest BCUT2D eigenvalue weighted by Gasteiger charge is -2.11. The van der Waals surface area contributed by atoms with E-state index in [1.165, 1.54) is 54.2 Å². The number of fused-ring (bicyclic) bond motifs is 12. The van der Waals surface area contributed by atoms with Crippen molar-refractivity contribution in [3.8, 4) is 142 Å². The molecule has 0 saturated heterocycles. The Morgan fingerprint density at radius 2 is 0.387 bits per heavy atom. The van der Waals surface area contributed by atoms with Gasteiger partial charge in [0.05, 0.1) is 33.1 Å². The second-order valence-electron chi connectivity index (χ2n) is 30.2. The number of nitrogens with one attached hydrogen (secondary N) is 1. The molecule has 19 heteroatoms. The van der Waals surface area contributed by atoms with Gasteiger partial charge >= 0.3 is 0 Å². The maximum Gasteiger partial charge on any atom is 0.165 e. The van der Waals surface area contributed by atoms with Crippen molar-refractivity contribution in [2.24, 2.45) is 0 Å². The summed E-state index contributed by atoms with van der Waals surface area (Å²) < 4.78 is 6.99. The van der Waals surface area contributed by atoms with Crippen molar-refractivity contribution in [1.29, 1.82) is 0 Å². The van der Waals surface area contributed by atoms with Crippen LogP contribution in [-0.2, 0) is 0 Å². The molecule has 0 atom stereocenters. The summed E-state index contributed by atoms with van der Waals surface area (Å²) in [5.41, 5.74) is 24.3. The van der Waals surface area contributed by atoms with Gasteiger partial charge in [-0.05, 0) is 241 Å². The van der Waals surface area contributed by atoms with Gasteiger partial charge in [0.15, 0.2) is 52.4 Å². The van der Waals surface area contributed by atoms with Gasteiger partial charge in [0.2, 0.25) is 0 Å². The molecule has 19 nitrogen and oxygen atoms in total. The Bertz CT molecular complexity index is 7730. The highest BCUT2D eigenvalue weighted by molar-refractivity contribution is 6.14. The van der Waals surface area contributed by atoms with E-state index in [0.717, 1.165) is 122 Å². The molecule has 124 heavy (non-hydrogen) atoms. The van der Waals surface area contributed by atoms with Gasteiger partial charge in [-0.25, -0.2) is 44.9 Å². The van der Waals surface area contributed by atoms with E-state index in [1.807, 2.05) is 72.8 Å². The van der Waals surface area contributed by atoms with Gasteiger partial charge in [-0.15, -0.1) is 0 Å². The molecule has 0 fully saturated rings. The van der Waals surface area contributed by atoms with Gasteiger partial charge in [-0.2, -0.15) is 0 Å². The fourth-order valence-corrected chi connectivity index (χ4v) is 16.9. The van der Waals surface area contributed by atoms with Crippen LogP contribution in [-0.4, -0.2) is 93.4 Å². The van der Waals surface area contributed by atoms with Crippen molar-refractivity contribution in [2.75, 3.05) is 0 Å². The molecule has 0 aliphatic carbocycles. The first kappa shape index (κ1) is 71.8. The predicted molar refractivity (Wildman–Crippen MR) is 492 cm³/mol. The van der Waals surface area contributed by atoms with Gasteiger partial charge in [0.25, 0.3) is 0 Å². The molecule has 24 aromatic rings. The Kier molecular flexibility index (Phi) is 17.7. The first-order chi connectivity index (χ1) is 61.4. The van der Waals surface area contributed by atoms with Crippen LogP contribution in [0.4, 0.5) is 0 Å². The monoisotopic (exact) mass is 1590 g/mol. The number of pyridine rings is 6. The molecule has 1 N–H and O–H groups in total. The molecule has 0 saturated carbocycles. The second-order valence-corrected chi connectivity index (χ2v) is 30.2. The normalized spacial score (nSPS) is 11.5. The zero-order chi connectivity index (χ0) is 82.0. The largest absolute Gasteiger partial charge is 0.355 e. The number of hydrogen-bond acceptors (Lipinski definition) is 15. The molecule has 13 heterocycles. The quantitative estimate of drug-likeness (QED) is 0.107. The summed E-state index contributed by atoms with van der Waals surface area (Å²) in [7, 11) is 0. The topological polar surface area (TPSA) is 224 Å². The summed E-state index contributed by atoms with van der Waals surface area (Å²) in [6.45, 7) is 0. The Labute approximate surface area is 708 Å². The van der Waals surface area contributed by atoms with Crippen molar-refractivity contribution in [1.82, 2.24) is 93.4 Å². The summed E-state index contributed by atoms with van der Waals surface area (Å²) in [5.74, 6) is 5.03. The SMILES string of the molecule is c1cncc(-c2nc(-c3ccc(-n4c5ccccc5c5cc(-c6ccc7[nH]c8ccccc8c7c6)ccc54)cc3)nc(-c3cccnc3)n2)c1.c1cncc(-c2nc(-c3ccc(-n4c5ccccc5c5cc(-c6ccc7c(c6)c6ccccc6n7-c6ccc(-c7nc(-c8cccnc8)nc(-c8cccnc8)n7)cc6)ccc54)cc3)nc(-c3cccnc3)n2)c1. The molecule has 0 amide bonds. The number of hydrogen-bond donors (Lipinski definition) is 1. The molecular weight excluding hydrogens is 1530 g/mol. The smallest absolute Gasteiger partial charge is 0.165 e. The third kappa shape index (κ3) is 13.1. The van der Waals surface area contributed by atoms with Crippen LogP contribution in [0, 0.1) is 0 Å². The van der Waals surface area contributed by atoms with Crippen molar-refractivity contribution in [3.05, 3.63) is 390 Å². The van der Waals surface area contributed by atoms with E-state index < -0.39 is 0 Å². The van der Waals surface area contributed by atoms with Crippen LogP contribution in [0.1, 0.15) is 0 Å². The van der Waals surface area contributed by atoms with Crippen LogP contribution < -0.4 is 0 Å². The minimum Gasteiger partial charge on any atom is -0.355 e. The van der Waals surface area contributed by atoms with E-state index in [0.29, 0.717) is 52.4 Å². The van der Waals surface area contributed by atoms with Crippen molar-refractivity contribution < 1.29 is 0 Å². The third-order valence-electron chi connectivity index (χ3n) is 22.8. The van der Waals surface area contributed by atoms with Gasteiger partial charge in [0.1, 0.15) is 0 Å². The number of rotatable bonds is 14. The fraction of sp³-hybridized carbons (Fsp3) is 0. The molecule has 24 rings (SSSR count). The standard InChI is InChI=1S/C62H38N12.C43H27N7/c1-3-15-53-49(13-1)51-33-41(21-27-55(51)73(53)47-23-17-39(18-24-47)57-67-59(43-9-5-29-63-35-43)71-60(68-57)44-10-6-30-64-36-44)42-22-28-56-52(34-42)50-14-2-4-16-54(50)74(56)48-25-19-40(20-26-48)58-69-61(45-11-7-31-65-37-45)72-62(70-58)46-12-8-32-66-38-46;1-3-11-37-33(9-1)35-23-28(15-19-38(35)46-37)29-16-20-40-36(24-29)34-10-2-4-12-39(34)50(40)32-17-13-27(14-18-32)41-47-42(30-7-5-21-44-25-30)49-43(48-41)31-8-6-22-45-26-31/h1-38H;1-26,46H. The Hall–Kier alpha value is -17.5. The van der Waals surface area contributed by atoms with Crippen molar-refractivity contribution in [2.45, 2.75) is 0 Å². The van der Waals surface area contributed by atoms with E-state index in [1.54, 1.807) is 74.4 Å². The maximum absolute atomic E-state index is 4.92. The fourth-order valence-electron chi connectivity index (χ4n) is 16.9. The molecule has 13 aromatic heterocycles. The maximum atomic E-state index is 4.92. The van der Waals surface area contributed by atoms with Gasteiger partial charge in [-0.3, -0.25) is 29.9 Å². The molecule has 0 spiro atoms. The first-order valence-electron chi connectivity index (χ1n) is 40.6. The lowest BCUT2D eigenvalue weighted by Crippen LogP contribution is -2.01. The number of para-hydroxylation sites is 4. The van der Waals surface area contributed by atoms with Crippen LogP contribution in [0.5, 0.6) is 0 Å². The average molecular weight is 1590 g/mol. The summed E-state index contributed by atoms with van der Waals surface area (Å²) >= 11 is 0. The number of H-pyrrole nitrogens is 1. The molecule has 0 unspecified atom stereocenters. The molecule has 580 valence electrons. The van der Waals surface area contributed by atoms with E-state index >= 15 is 0 Å². The lowest BCUT2D eigenvalue weighted by atomic mass is 10.0. The predicted octanol–water partition coefficient (Wildman–Crippen LogP) is 23.6. The summed E-state index contributed by atoms with van der Waals surface area (Å²) in [6.07, 6.45) is 21.0. The Balaban J connectivity index is 0.000000154. The Morgan fingerprint density at radius 1 is 0.161 bits per heavy atom. The average Bonchev–Trinajstić information content (AvgIpc) is 1.59. The van der Waals surface area contributed by atoms with Gasteiger partial charge in [0, 0.05) is 196 Å². The summed E-state index contributed by atoms with van der Waals surface area (Å²) in [5, 5.41) is 9.58. The van der Waals surface area contributed by atoms with Crippen LogP contribution in [0.2, 0.25) is 0 Å². The number of benzene rings is 11. The molecule has 0 aliphatic rings. The zero-order valence-corrected chi connectivity index (χ0v) is 66.0. The van der Waals surface area contributed by atoms with E-state index in [4.69, 9.17) is 44.9 Å². The molecular formula is C105H65N19. The molecule has 0 radical (unpaired) electrons. The summed E-state index contributed by atoms with van der Waals surface area (Å²) in [6, 6.07) is 110. The van der Waals surface area contributed by atoms with Crippen LogP contribution >= 0.6 is 0 Å². The lowest BCUT2D eigenvalue weighted by molar-refractivity contribution is 1.06. The number of nitrogens with zero attached hydrogens (tertiary/aromatic N) is 18. The molecule has 0 bridgehead atoms. The van der Waals surface area contributed by atoms with E-state index in [-0.39, 0.29) is 0 Å². The highest BCUT2D eigenvalue weighted by Crippen LogP contribution is 2.42. The summed E-state index contributed by atoms with van der Waals surface area (Å²) in [4.78, 5) is 73.2. The highest BCUT2D eigenvalue weighted by Gasteiger charge is 2.23. The van der Waals surface area contributed by atoms with Gasteiger partial charge < -0.3 is 18.7 Å². The number of aromatic amines is 1. The van der Waals surface area contributed by atoms with Gasteiger partial charge in [-0.1, -0.05) is 97.1 Å². The van der Waals surface area contributed by atoms with Crippen LogP contribution in [0.15, 0.2) is 390 Å². The van der Waals surface area contributed by atoms with Crippen LogP contribution in [0.25, 0.3) is 229 Å². The molecule has 0 aliphatic heterocycles. The minimum absolute atomic E-state index is 0.547. The number of aromatic nitrogens is 19. The first-order valence-corrected chi connectivity index (χ1v) is 40.6. The van der Waals surface area contributed by atoms with Crippen molar-refractivity contribution >= 4 is 87.2 Å². The van der Waals surface area contributed by atoms with Crippen molar-refractivity contribution in [3.63, 3.8) is 0 Å². The second kappa shape index (κ2) is 30.5. The van der Waals surface area contributed by atoms with Crippen LogP contribution in [0.3, 0.4) is 0 Å². The van der Waals surface area contributed by atoms with E-state index in [9.17, 15) is 0 Å². The van der Waals surface area contributed by atoms with E-state index in [2.05, 4.69) is 291 Å². The Morgan fingerprint density at radius 3 is 0.669 bits per heavy atom. The zero-order valence-electron chi connectivity index (χ0n) is 66.0. The third-order valence-corrected chi connectivity index (χ3v) is 22.8. The highest BCUT2D eigenvalue weighted by atomic mass is 15.1. The minimum atomic E-state index is 0.547. The molecule has 11 aromatic carbocycles.